The molecule has 0 unspecified atom stereocenters. The molecule has 3 nitrogen and oxygen atoms in total. The van der Waals surface area contributed by atoms with Gasteiger partial charge in [0.15, 0.2) is 0 Å². The van der Waals surface area contributed by atoms with Crippen molar-refractivity contribution in [2.75, 3.05) is 18.1 Å². The van der Waals surface area contributed by atoms with Crippen LogP contribution in [-0.4, -0.2) is 24.2 Å². The van der Waals surface area contributed by atoms with Gasteiger partial charge in [0.25, 0.3) is 5.91 Å². The summed E-state index contributed by atoms with van der Waals surface area (Å²) >= 11 is 1.43. The van der Waals surface area contributed by atoms with Crippen molar-refractivity contribution in [3.8, 4) is 11.8 Å². The second-order valence-electron chi connectivity index (χ2n) is 4.85. The van der Waals surface area contributed by atoms with Gasteiger partial charge in [-0.15, -0.1) is 11.3 Å². The number of amides is 1. The number of carbonyl (C=O) groups excluding carboxylic acids is 1. The minimum absolute atomic E-state index is 0.0236. The summed E-state index contributed by atoms with van der Waals surface area (Å²) in [7, 11) is 0. The van der Waals surface area contributed by atoms with E-state index in [1.54, 1.807) is 6.07 Å². The molecule has 0 saturated heterocycles. The summed E-state index contributed by atoms with van der Waals surface area (Å²) in [5, 5.41) is 10.5. The van der Waals surface area contributed by atoms with Crippen molar-refractivity contribution in [1.82, 2.24) is 0 Å². The van der Waals surface area contributed by atoms with Gasteiger partial charge in [-0.05, 0) is 30.5 Å². The summed E-state index contributed by atoms with van der Waals surface area (Å²) in [4.78, 5) is 15.3. The lowest BCUT2D eigenvalue weighted by molar-refractivity contribution is 0.0985. The Bertz CT molecular complexity index is 724. The van der Waals surface area contributed by atoms with Crippen LogP contribution >= 0.6 is 11.3 Å². The fourth-order valence-corrected chi connectivity index (χ4v) is 3.29. The first-order valence-electron chi connectivity index (χ1n) is 6.87. The van der Waals surface area contributed by atoms with Gasteiger partial charge in [-0.25, -0.2) is 0 Å². The number of fused-ring (bicyclic) bond motifs is 1. The average Bonchev–Trinajstić information content (AvgIpc) is 3.00. The Morgan fingerprint density at radius 2 is 2.24 bits per heavy atom. The van der Waals surface area contributed by atoms with Crippen molar-refractivity contribution >= 4 is 22.9 Å². The Morgan fingerprint density at radius 3 is 3.10 bits per heavy atom. The molecule has 0 spiro atoms. The summed E-state index contributed by atoms with van der Waals surface area (Å²) < 4.78 is 0. The van der Waals surface area contributed by atoms with Crippen LogP contribution in [0.2, 0.25) is 0 Å². The number of carbonyl (C=O) groups is 1. The first kappa shape index (κ1) is 13.9. The molecule has 0 bridgehead atoms. The van der Waals surface area contributed by atoms with Crippen molar-refractivity contribution in [2.45, 2.75) is 12.8 Å². The molecular formula is C17H15NO2S. The molecule has 0 fully saturated rings. The van der Waals surface area contributed by atoms with Crippen molar-refractivity contribution in [2.24, 2.45) is 0 Å². The number of aliphatic hydroxyl groups is 1. The molecule has 1 aliphatic heterocycles. The first-order chi connectivity index (χ1) is 10.3. The second kappa shape index (κ2) is 6.13. The van der Waals surface area contributed by atoms with E-state index in [1.165, 1.54) is 16.9 Å². The Hall–Kier alpha value is -2.09. The zero-order chi connectivity index (χ0) is 14.7. The Kier molecular flexibility index (Phi) is 4.05. The highest BCUT2D eigenvalue weighted by Gasteiger charge is 2.23. The summed E-state index contributed by atoms with van der Waals surface area (Å²) in [6, 6.07) is 9.87. The maximum Gasteiger partial charge on any atom is 0.259 e. The van der Waals surface area contributed by atoms with Gasteiger partial charge in [-0.1, -0.05) is 30.0 Å². The highest BCUT2D eigenvalue weighted by molar-refractivity contribution is 7.10. The molecule has 2 aromatic rings. The number of hydrogen-bond acceptors (Lipinski definition) is 3. The zero-order valence-corrected chi connectivity index (χ0v) is 12.3. The maximum atomic E-state index is 12.7. The molecule has 2 heterocycles. The largest absolute Gasteiger partial charge is 0.384 e. The van der Waals surface area contributed by atoms with E-state index in [4.69, 9.17) is 5.11 Å². The molecule has 3 rings (SSSR count). The molecule has 0 saturated carbocycles. The fraction of sp³-hybridized carbons (Fsp3) is 0.235. The minimum Gasteiger partial charge on any atom is -0.384 e. The molecule has 0 radical (unpaired) electrons. The third kappa shape index (κ3) is 2.85. The van der Waals surface area contributed by atoms with Gasteiger partial charge in [-0.2, -0.15) is 0 Å². The van der Waals surface area contributed by atoms with Crippen molar-refractivity contribution in [1.29, 1.82) is 0 Å². The lowest BCUT2D eigenvalue weighted by Gasteiger charge is -2.29. The molecule has 1 aliphatic rings. The second-order valence-corrected chi connectivity index (χ2v) is 5.76. The number of nitrogens with zero attached hydrogens (tertiary/aromatic N) is 1. The Morgan fingerprint density at radius 1 is 1.38 bits per heavy atom. The van der Waals surface area contributed by atoms with Gasteiger partial charge in [0.05, 0.1) is 10.4 Å². The molecule has 1 aromatic heterocycles. The van der Waals surface area contributed by atoms with Gasteiger partial charge in [0.2, 0.25) is 0 Å². The van der Waals surface area contributed by atoms with Crippen LogP contribution < -0.4 is 4.90 Å². The molecule has 21 heavy (non-hydrogen) atoms. The normalized spacial score (nSPS) is 13.3. The van der Waals surface area contributed by atoms with E-state index in [1.807, 2.05) is 28.5 Å². The number of rotatable bonds is 1. The van der Waals surface area contributed by atoms with E-state index in [0.29, 0.717) is 5.56 Å². The summed E-state index contributed by atoms with van der Waals surface area (Å²) in [6.45, 7) is 0.587. The SMILES string of the molecule is O=C(c1csc(C#CCO)c1)N1CCCc2ccccc21. The first-order valence-corrected chi connectivity index (χ1v) is 7.75. The Balaban J connectivity index is 1.88. The van der Waals surface area contributed by atoms with Crippen molar-refractivity contribution in [3.05, 3.63) is 51.7 Å². The number of thiophene rings is 1. The van der Waals surface area contributed by atoms with Gasteiger partial charge in [0.1, 0.15) is 6.61 Å². The highest BCUT2D eigenvalue weighted by atomic mass is 32.1. The van der Waals surface area contributed by atoms with Gasteiger partial charge >= 0.3 is 0 Å². The molecule has 1 aromatic carbocycles. The number of hydrogen-bond donors (Lipinski definition) is 1. The third-order valence-corrected chi connectivity index (χ3v) is 4.34. The molecule has 4 heteroatoms. The standard InChI is InChI=1S/C17H15NO2S/c19-10-4-7-15-11-14(12-21-15)17(20)18-9-3-6-13-5-1-2-8-16(13)18/h1-2,5,8,11-12,19H,3,6,9-10H2. The molecule has 1 amide bonds. The zero-order valence-electron chi connectivity index (χ0n) is 11.5. The van der Waals surface area contributed by atoms with E-state index in [9.17, 15) is 4.79 Å². The van der Waals surface area contributed by atoms with Crippen LogP contribution in [0.1, 0.15) is 27.2 Å². The monoisotopic (exact) mass is 297 g/mol. The highest BCUT2D eigenvalue weighted by Crippen LogP contribution is 2.28. The van der Waals surface area contributed by atoms with Crippen LogP contribution in [0.25, 0.3) is 0 Å². The maximum absolute atomic E-state index is 12.7. The van der Waals surface area contributed by atoms with E-state index >= 15 is 0 Å². The van der Waals surface area contributed by atoms with Crippen LogP contribution in [0.5, 0.6) is 0 Å². The number of aryl methyl sites for hydroxylation is 1. The quantitative estimate of drug-likeness (QED) is 0.822. The molecular weight excluding hydrogens is 282 g/mol. The lowest BCUT2D eigenvalue weighted by Crippen LogP contribution is -2.35. The van der Waals surface area contributed by atoms with Gasteiger partial charge < -0.3 is 10.0 Å². The van der Waals surface area contributed by atoms with Crippen molar-refractivity contribution in [3.63, 3.8) is 0 Å². The van der Waals surface area contributed by atoms with Crippen LogP contribution in [0.4, 0.5) is 5.69 Å². The summed E-state index contributed by atoms with van der Waals surface area (Å²) in [5.41, 5.74) is 2.91. The van der Waals surface area contributed by atoms with Gasteiger partial charge in [0, 0.05) is 17.6 Å². The van der Waals surface area contributed by atoms with E-state index in [0.717, 1.165) is 30.0 Å². The van der Waals surface area contributed by atoms with Crippen LogP contribution in [0, 0.1) is 11.8 Å². The number of para-hydroxylation sites is 1. The molecule has 0 aliphatic carbocycles. The number of anilines is 1. The Labute approximate surface area is 127 Å². The summed E-state index contributed by atoms with van der Waals surface area (Å²) in [6.07, 6.45) is 2.01. The van der Waals surface area contributed by atoms with Crippen LogP contribution in [0.15, 0.2) is 35.7 Å². The third-order valence-electron chi connectivity index (χ3n) is 3.49. The molecule has 1 N–H and O–H groups in total. The molecule has 0 atom stereocenters. The van der Waals surface area contributed by atoms with Crippen LogP contribution in [0.3, 0.4) is 0 Å². The van der Waals surface area contributed by atoms with E-state index in [-0.39, 0.29) is 12.5 Å². The van der Waals surface area contributed by atoms with E-state index in [2.05, 4.69) is 17.9 Å². The lowest BCUT2D eigenvalue weighted by atomic mass is 10.0. The smallest absolute Gasteiger partial charge is 0.259 e. The minimum atomic E-state index is -0.166. The van der Waals surface area contributed by atoms with Crippen LogP contribution in [-0.2, 0) is 6.42 Å². The number of aliphatic hydroxyl groups excluding tert-OH is 1. The van der Waals surface area contributed by atoms with E-state index < -0.39 is 0 Å². The van der Waals surface area contributed by atoms with Crippen molar-refractivity contribution < 1.29 is 9.90 Å². The van der Waals surface area contributed by atoms with Gasteiger partial charge in [-0.3, -0.25) is 4.79 Å². The number of benzene rings is 1. The predicted molar refractivity (Wildman–Crippen MR) is 84.7 cm³/mol. The predicted octanol–water partition coefficient (Wildman–Crippen LogP) is 2.68. The summed E-state index contributed by atoms with van der Waals surface area (Å²) in [5.74, 6) is 5.47. The fourth-order valence-electron chi connectivity index (χ4n) is 2.54. The topological polar surface area (TPSA) is 40.5 Å². The molecule has 106 valence electrons. The average molecular weight is 297 g/mol.